The van der Waals surface area contributed by atoms with E-state index < -0.39 is 23.4 Å². The molecule has 1 aliphatic rings. The lowest BCUT2D eigenvalue weighted by Crippen LogP contribution is -2.35. The molecule has 1 aliphatic carbocycles. The van der Waals surface area contributed by atoms with Crippen LogP contribution in [0, 0.1) is 6.92 Å². The lowest BCUT2D eigenvalue weighted by molar-refractivity contribution is -0.151. The smallest absolute Gasteiger partial charge is 0.416 e. The van der Waals surface area contributed by atoms with Gasteiger partial charge < -0.3 is 15.2 Å². The SMILES string of the molecule is CC(=O)OC1CCC(O)(c2ccc3nc(C)nc(N[C@H](C)c4cccc(C(F)(F)F)c4)c3c2)CC1. The number of carbonyl (C=O) groups is 1. The van der Waals surface area contributed by atoms with Gasteiger partial charge in [0.05, 0.1) is 16.7 Å². The number of ether oxygens (including phenoxy) is 1. The number of fused-ring (bicyclic) bond motifs is 1. The Morgan fingerprint density at radius 2 is 1.89 bits per heavy atom. The van der Waals surface area contributed by atoms with Crippen LogP contribution in [0.3, 0.4) is 0 Å². The van der Waals surface area contributed by atoms with Gasteiger partial charge >= 0.3 is 12.1 Å². The molecule has 1 heterocycles. The zero-order valence-electron chi connectivity index (χ0n) is 19.8. The third-order valence-electron chi connectivity index (χ3n) is 6.50. The molecule has 186 valence electrons. The molecule has 0 amide bonds. The minimum absolute atomic E-state index is 0.204. The minimum Gasteiger partial charge on any atom is -0.463 e. The van der Waals surface area contributed by atoms with Gasteiger partial charge in [0.15, 0.2) is 0 Å². The largest absolute Gasteiger partial charge is 0.463 e. The molecule has 2 aromatic carbocycles. The normalized spacial score (nSPS) is 21.5. The molecule has 2 N–H and O–H groups in total. The van der Waals surface area contributed by atoms with Crippen LogP contribution in [0.1, 0.15) is 68.1 Å². The van der Waals surface area contributed by atoms with Crippen molar-refractivity contribution in [2.75, 3.05) is 5.32 Å². The Morgan fingerprint density at radius 1 is 1.17 bits per heavy atom. The molecule has 1 saturated carbocycles. The summed E-state index contributed by atoms with van der Waals surface area (Å²) in [5, 5.41) is 15.3. The Hall–Kier alpha value is -3.20. The second kappa shape index (κ2) is 9.45. The first kappa shape index (κ1) is 24.9. The predicted molar refractivity (Wildman–Crippen MR) is 126 cm³/mol. The van der Waals surface area contributed by atoms with E-state index in [1.54, 1.807) is 19.9 Å². The number of aromatic nitrogens is 2. The number of aryl methyl sites for hydroxylation is 1. The monoisotopic (exact) mass is 487 g/mol. The molecule has 6 nitrogen and oxygen atoms in total. The Bertz CT molecular complexity index is 1240. The molecule has 0 spiro atoms. The van der Waals surface area contributed by atoms with Crippen molar-refractivity contribution < 1.29 is 27.8 Å². The van der Waals surface area contributed by atoms with Crippen molar-refractivity contribution in [2.45, 2.75) is 70.4 Å². The van der Waals surface area contributed by atoms with Gasteiger partial charge in [0.25, 0.3) is 0 Å². The van der Waals surface area contributed by atoms with Crippen LogP contribution in [0.2, 0.25) is 0 Å². The highest BCUT2D eigenvalue weighted by Gasteiger charge is 2.36. The fraction of sp³-hybridized carbons (Fsp3) is 0.423. The molecule has 4 rings (SSSR count). The van der Waals surface area contributed by atoms with E-state index in [1.165, 1.54) is 13.0 Å². The van der Waals surface area contributed by atoms with E-state index in [-0.39, 0.29) is 12.1 Å². The quantitative estimate of drug-likeness (QED) is 0.441. The van der Waals surface area contributed by atoms with Crippen molar-refractivity contribution in [2.24, 2.45) is 0 Å². The number of nitrogens with zero attached hydrogens (tertiary/aromatic N) is 2. The second-order valence-electron chi connectivity index (χ2n) is 9.18. The van der Waals surface area contributed by atoms with Crippen molar-refractivity contribution >= 4 is 22.7 Å². The van der Waals surface area contributed by atoms with Gasteiger partial charge in [-0.1, -0.05) is 18.2 Å². The van der Waals surface area contributed by atoms with E-state index in [1.807, 2.05) is 18.2 Å². The molecule has 9 heteroatoms. The van der Waals surface area contributed by atoms with E-state index in [0.29, 0.717) is 59.4 Å². The van der Waals surface area contributed by atoms with Crippen molar-refractivity contribution in [3.05, 3.63) is 65.0 Å². The molecule has 1 fully saturated rings. The number of anilines is 1. The van der Waals surface area contributed by atoms with Gasteiger partial charge in [0.2, 0.25) is 0 Å². The Labute approximate surface area is 201 Å². The Morgan fingerprint density at radius 3 is 2.54 bits per heavy atom. The summed E-state index contributed by atoms with van der Waals surface area (Å²) >= 11 is 0. The molecule has 1 atom stereocenters. The predicted octanol–water partition coefficient (Wildman–Crippen LogP) is 5.82. The number of rotatable bonds is 5. The van der Waals surface area contributed by atoms with Crippen LogP contribution >= 0.6 is 0 Å². The Balaban J connectivity index is 1.63. The summed E-state index contributed by atoms with van der Waals surface area (Å²) in [6.45, 7) is 4.89. The van der Waals surface area contributed by atoms with Gasteiger partial charge in [0.1, 0.15) is 17.7 Å². The van der Waals surface area contributed by atoms with Gasteiger partial charge in [-0.2, -0.15) is 13.2 Å². The highest BCUT2D eigenvalue weighted by Crippen LogP contribution is 2.40. The minimum atomic E-state index is -4.42. The number of hydrogen-bond donors (Lipinski definition) is 2. The highest BCUT2D eigenvalue weighted by molar-refractivity contribution is 5.90. The number of aliphatic hydroxyl groups is 1. The number of alkyl halides is 3. The third-order valence-corrected chi connectivity index (χ3v) is 6.50. The van der Waals surface area contributed by atoms with Crippen LogP contribution in [0.4, 0.5) is 19.0 Å². The molecule has 35 heavy (non-hydrogen) atoms. The first-order valence-corrected chi connectivity index (χ1v) is 11.6. The molecular formula is C26H28F3N3O3. The van der Waals surface area contributed by atoms with E-state index in [4.69, 9.17) is 4.74 Å². The maximum Gasteiger partial charge on any atom is 0.416 e. The first-order chi connectivity index (χ1) is 16.4. The van der Waals surface area contributed by atoms with Gasteiger partial charge in [0, 0.05) is 18.4 Å². The van der Waals surface area contributed by atoms with Crippen LogP contribution in [0.25, 0.3) is 10.9 Å². The Kier molecular flexibility index (Phi) is 6.73. The lowest BCUT2D eigenvalue weighted by atomic mass is 9.78. The van der Waals surface area contributed by atoms with E-state index in [2.05, 4.69) is 15.3 Å². The molecule has 0 saturated heterocycles. The first-order valence-electron chi connectivity index (χ1n) is 11.6. The number of esters is 1. The molecule has 0 aliphatic heterocycles. The molecule has 1 aromatic heterocycles. The number of hydrogen-bond acceptors (Lipinski definition) is 6. The van der Waals surface area contributed by atoms with Crippen molar-refractivity contribution in [3.8, 4) is 0 Å². The summed E-state index contributed by atoms with van der Waals surface area (Å²) in [4.78, 5) is 20.2. The van der Waals surface area contributed by atoms with Gasteiger partial charge in [-0.05, 0) is 74.9 Å². The molecule has 0 bridgehead atoms. The zero-order valence-corrected chi connectivity index (χ0v) is 19.8. The van der Waals surface area contributed by atoms with Gasteiger partial charge in [-0.25, -0.2) is 9.97 Å². The highest BCUT2D eigenvalue weighted by atomic mass is 19.4. The van der Waals surface area contributed by atoms with Crippen molar-refractivity contribution in [1.82, 2.24) is 9.97 Å². The summed E-state index contributed by atoms with van der Waals surface area (Å²) in [6.07, 6.45) is -2.65. The fourth-order valence-electron chi connectivity index (χ4n) is 4.63. The van der Waals surface area contributed by atoms with Crippen LogP contribution in [0.5, 0.6) is 0 Å². The average molecular weight is 488 g/mol. The molecule has 3 aromatic rings. The fourth-order valence-corrected chi connectivity index (χ4v) is 4.63. The van der Waals surface area contributed by atoms with Crippen LogP contribution in [0.15, 0.2) is 42.5 Å². The average Bonchev–Trinajstić information content (AvgIpc) is 2.79. The van der Waals surface area contributed by atoms with E-state index in [9.17, 15) is 23.1 Å². The van der Waals surface area contributed by atoms with Crippen LogP contribution in [-0.4, -0.2) is 27.1 Å². The number of carbonyl (C=O) groups excluding carboxylic acids is 1. The number of nitrogens with one attached hydrogen (secondary N) is 1. The summed E-state index contributed by atoms with van der Waals surface area (Å²) in [5.41, 5.74) is 0.0503. The zero-order chi connectivity index (χ0) is 25.4. The number of benzene rings is 2. The molecular weight excluding hydrogens is 459 g/mol. The third kappa shape index (κ3) is 5.56. The van der Waals surface area contributed by atoms with Crippen LogP contribution < -0.4 is 5.32 Å². The van der Waals surface area contributed by atoms with Gasteiger partial charge in [-0.3, -0.25) is 4.79 Å². The summed E-state index contributed by atoms with van der Waals surface area (Å²) in [5.74, 6) is 0.672. The van der Waals surface area contributed by atoms with Crippen molar-refractivity contribution in [1.29, 1.82) is 0 Å². The standard InChI is InChI=1S/C26H28F3N3O3/c1-15(18-5-4-6-20(13-18)26(27,28)29)30-24-22-14-19(7-8-23(22)31-16(2)32-24)25(34)11-9-21(10-12-25)35-17(3)33/h4-8,13-15,21,34H,9-12H2,1-3H3,(H,30,31,32)/t15-,21?,25?/m1/s1. The number of halogens is 3. The topological polar surface area (TPSA) is 84.3 Å². The molecule has 0 radical (unpaired) electrons. The maximum absolute atomic E-state index is 13.2. The second-order valence-corrected chi connectivity index (χ2v) is 9.18. The van der Waals surface area contributed by atoms with E-state index >= 15 is 0 Å². The lowest BCUT2D eigenvalue weighted by Gasteiger charge is -2.36. The van der Waals surface area contributed by atoms with Gasteiger partial charge in [-0.15, -0.1) is 0 Å². The van der Waals surface area contributed by atoms with Crippen molar-refractivity contribution in [3.63, 3.8) is 0 Å². The summed E-state index contributed by atoms with van der Waals surface area (Å²) in [7, 11) is 0. The van der Waals surface area contributed by atoms with Crippen LogP contribution in [-0.2, 0) is 21.3 Å². The van der Waals surface area contributed by atoms with E-state index in [0.717, 1.165) is 12.1 Å². The summed E-state index contributed by atoms with van der Waals surface area (Å²) in [6, 6.07) is 10.2. The maximum atomic E-state index is 13.2. The summed E-state index contributed by atoms with van der Waals surface area (Å²) < 4.78 is 44.8. The molecule has 0 unspecified atom stereocenters.